The van der Waals surface area contributed by atoms with Gasteiger partial charge in [0.15, 0.2) is 0 Å². The van der Waals surface area contributed by atoms with Crippen molar-refractivity contribution in [2.24, 2.45) is 29.4 Å². The highest BCUT2D eigenvalue weighted by atomic mass is 35.5. The molecule has 2 heteroatoms. The minimum absolute atomic E-state index is 0.0687. The van der Waals surface area contributed by atoms with E-state index in [1.807, 2.05) is 12.1 Å². The van der Waals surface area contributed by atoms with Gasteiger partial charge >= 0.3 is 0 Å². The van der Waals surface area contributed by atoms with Crippen LogP contribution in [0.1, 0.15) is 37.7 Å². The van der Waals surface area contributed by atoms with Crippen LogP contribution in [0.15, 0.2) is 24.3 Å². The van der Waals surface area contributed by atoms with Crippen LogP contribution in [0.25, 0.3) is 0 Å². The molecule has 5 atom stereocenters. The van der Waals surface area contributed by atoms with Crippen molar-refractivity contribution in [1.29, 1.82) is 0 Å². The van der Waals surface area contributed by atoms with E-state index in [4.69, 9.17) is 17.3 Å². The Balaban J connectivity index is 1.71. The van der Waals surface area contributed by atoms with E-state index in [0.717, 1.165) is 28.7 Å². The highest BCUT2D eigenvalue weighted by Gasteiger charge is 2.59. The van der Waals surface area contributed by atoms with Crippen molar-refractivity contribution in [2.75, 3.05) is 0 Å². The molecule has 0 aliphatic heterocycles. The second kappa shape index (κ2) is 3.74. The number of rotatable bonds is 1. The van der Waals surface area contributed by atoms with Gasteiger partial charge in [-0.25, -0.2) is 0 Å². The quantitative estimate of drug-likeness (QED) is 0.814. The zero-order chi connectivity index (χ0) is 12.3. The highest BCUT2D eigenvalue weighted by molar-refractivity contribution is 6.30. The van der Waals surface area contributed by atoms with Gasteiger partial charge in [0.2, 0.25) is 0 Å². The summed E-state index contributed by atoms with van der Waals surface area (Å²) in [5.74, 6) is 3.52. The number of halogens is 1. The van der Waals surface area contributed by atoms with Crippen molar-refractivity contribution in [3.05, 3.63) is 34.9 Å². The van der Waals surface area contributed by atoms with Crippen LogP contribution in [0.2, 0.25) is 5.02 Å². The third-order valence-corrected chi connectivity index (χ3v) is 6.20. The van der Waals surface area contributed by atoms with Crippen molar-refractivity contribution in [2.45, 2.75) is 37.6 Å². The van der Waals surface area contributed by atoms with Gasteiger partial charge in [0.05, 0.1) is 0 Å². The summed E-state index contributed by atoms with van der Waals surface area (Å²) < 4.78 is 0. The van der Waals surface area contributed by atoms with Gasteiger partial charge in [-0.05, 0) is 67.1 Å². The van der Waals surface area contributed by atoms with Crippen molar-refractivity contribution in [3.63, 3.8) is 0 Å². The Morgan fingerprint density at radius 2 is 1.83 bits per heavy atom. The van der Waals surface area contributed by atoms with E-state index in [-0.39, 0.29) is 5.54 Å². The molecule has 0 saturated heterocycles. The maximum Gasteiger partial charge on any atom is 0.0443 e. The lowest BCUT2D eigenvalue weighted by Crippen LogP contribution is -2.46. The SMILES string of the molecule is NC1(c2ccc(Cl)cc2)CC2CC1C1CCCC21. The highest BCUT2D eigenvalue weighted by Crippen LogP contribution is 2.64. The van der Waals surface area contributed by atoms with Crippen LogP contribution >= 0.6 is 11.6 Å². The molecular formula is C16H20ClN. The third-order valence-electron chi connectivity index (χ3n) is 5.95. The van der Waals surface area contributed by atoms with Gasteiger partial charge in [-0.3, -0.25) is 0 Å². The predicted octanol–water partition coefficient (Wildman–Crippen LogP) is 3.95. The lowest BCUT2D eigenvalue weighted by Gasteiger charge is -2.40. The van der Waals surface area contributed by atoms with Crippen molar-refractivity contribution in [3.8, 4) is 0 Å². The maximum absolute atomic E-state index is 6.83. The van der Waals surface area contributed by atoms with Gasteiger partial charge in [0.25, 0.3) is 0 Å². The molecule has 2 bridgehead atoms. The van der Waals surface area contributed by atoms with Gasteiger partial charge in [-0.1, -0.05) is 30.2 Å². The minimum Gasteiger partial charge on any atom is -0.321 e. The van der Waals surface area contributed by atoms with Crippen LogP contribution in [0.3, 0.4) is 0 Å². The van der Waals surface area contributed by atoms with E-state index >= 15 is 0 Å². The first-order chi connectivity index (χ1) is 8.68. The molecule has 3 aliphatic carbocycles. The Morgan fingerprint density at radius 1 is 1.11 bits per heavy atom. The Morgan fingerprint density at radius 3 is 2.61 bits per heavy atom. The van der Waals surface area contributed by atoms with Gasteiger partial charge in [-0.15, -0.1) is 0 Å². The summed E-state index contributed by atoms with van der Waals surface area (Å²) in [5, 5.41) is 0.809. The largest absolute Gasteiger partial charge is 0.321 e. The van der Waals surface area contributed by atoms with Gasteiger partial charge < -0.3 is 5.73 Å². The Hall–Kier alpha value is -0.530. The topological polar surface area (TPSA) is 26.0 Å². The second-order valence-electron chi connectivity index (χ2n) is 6.61. The molecular weight excluding hydrogens is 242 g/mol. The minimum atomic E-state index is -0.0687. The fourth-order valence-corrected chi connectivity index (χ4v) is 5.41. The van der Waals surface area contributed by atoms with Crippen LogP contribution in [0.4, 0.5) is 0 Å². The molecule has 0 aromatic heterocycles. The van der Waals surface area contributed by atoms with Crippen LogP contribution in [-0.4, -0.2) is 0 Å². The van der Waals surface area contributed by atoms with E-state index in [2.05, 4.69) is 12.1 Å². The van der Waals surface area contributed by atoms with E-state index in [1.54, 1.807) is 0 Å². The molecule has 1 aromatic carbocycles. The molecule has 5 unspecified atom stereocenters. The Bertz CT molecular complexity index is 468. The standard InChI is InChI=1S/C16H20ClN/c17-12-6-4-11(5-7-12)16(18)9-10-8-15(16)14-3-1-2-13(10)14/h4-7,10,13-15H,1-3,8-9,18H2. The van der Waals surface area contributed by atoms with Gasteiger partial charge in [-0.2, -0.15) is 0 Å². The molecule has 4 rings (SSSR count). The molecule has 1 nitrogen and oxygen atoms in total. The Kier molecular flexibility index (Phi) is 2.35. The second-order valence-corrected chi connectivity index (χ2v) is 7.05. The first-order valence-corrected chi connectivity index (χ1v) is 7.61. The number of nitrogens with two attached hydrogens (primary N) is 1. The summed E-state index contributed by atoms with van der Waals surface area (Å²) in [5.41, 5.74) is 8.07. The van der Waals surface area contributed by atoms with E-state index in [9.17, 15) is 0 Å². The van der Waals surface area contributed by atoms with Crippen molar-refractivity contribution >= 4 is 11.6 Å². The van der Waals surface area contributed by atoms with E-state index < -0.39 is 0 Å². The fraction of sp³-hybridized carbons (Fsp3) is 0.625. The molecule has 1 aromatic rings. The normalized spacial score (nSPS) is 45.4. The molecule has 96 valence electrons. The first kappa shape index (κ1) is 11.3. The summed E-state index contributed by atoms with van der Waals surface area (Å²) in [6.45, 7) is 0. The monoisotopic (exact) mass is 261 g/mol. The van der Waals surface area contributed by atoms with Crippen LogP contribution in [-0.2, 0) is 5.54 Å². The summed E-state index contributed by atoms with van der Waals surface area (Å²) in [6, 6.07) is 8.27. The zero-order valence-electron chi connectivity index (χ0n) is 10.6. The molecule has 0 spiro atoms. The van der Waals surface area contributed by atoms with Crippen LogP contribution in [0, 0.1) is 23.7 Å². The number of fused-ring (bicyclic) bond motifs is 5. The average Bonchev–Trinajstić information content (AvgIpc) is 3.00. The van der Waals surface area contributed by atoms with Crippen molar-refractivity contribution in [1.82, 2.24) is 0 Å². The Labute approximate surface area is 114 Å². The van der Waals surface area contributed by atoms with Crippen molar-refractivity contribution < 1.29 is 0 Å². The summed E-state index contributed by atoms with van der Waals surface area (Å²) in [7, 11) is 0. The number of hydrogen-bond acceptors (Lipinski definition) is 1. The summed E-state index contributed by atoms with van der Waals surface area (Å²) in [6.07, 6.45) is 6.87. The third kappa shape index (κ3) is 1.38. The fourth-order valence-electron chi connectivity index (χ4n) is 5.28. The first-order valence-electron chi connectivity index (χ1n) is 7.23. The molecule has 0 heterocycles. The molecule has 18 heavy (non-hydrogen) atoms. The lowest BCUT2D eigenvalue weighted by atomic mass is 9.68. The smallest absolute Gasteiger partial charge is 0.0443 e. The molecule has 3 aliphatic rings. The average molecular weight is 262 g/mol. The lowest BCUT2D eigenvalue weighted by molar-refractivity contribution is 0.157. The summed E-state index contributed by atoms with van der Waals surface area (Å²) in [4.78, 5) is 0. The van der Waals surface area contributed by atoms with Gasteiger partial charge in [0.1, 0.15) is 0 Å². The van der Waals surface area contributed by atoms with Gasteiger partial charge in [0, 0.05) is 10.6 Å². The maximum atomic E-state index is 6.83. The van der Waals surface area contributed by atoms with E-state index in [1.165, 1.54) is 37.7 Å². The van der Waals surface area contributed by atoms with Crippen LogP contribution in [0.5, 0.6) is 0 Å². The molecule has 3 saturated carbocycles. The molecule has 2 N–H and O–H groups in total. The molecule has 3 fully saturated rings. The number of hydrogen-bond donors (Lipinski definition) is 1. The molecule has 0 amide bonds. The summed E-state index contributed by atoms with van der Waals surface area (Å²) >= 11 is 5.99. The number of benzene rings is 1. The zero-order valence-corrected chi connectivity index (χ0v) is 11.4. The molecule has 0 radical (unpaired) electrons. The van der Waals surface area contributed by atoms with Crippen LogP contribution < -0.4 is 5.73 Å². The predicted molar refractivity (Wildman–Crippen MR) is 74.4 cm³/mol. The van der Waals surface area contributed by atoms with E-state index in [0.29, 0.717) is 0 Å².